The number of hydrogen-bond donors (Lipinski definition) is 2. The van der Waals surface area contributed by atoms with Gasteiger partial charge in [-0.3, -0.25) is 19.8 Å². The number of amides is 3. The molecule has 0 aromatic heterocycles. The first-order valence-electron chi connectivity index (χ1n) is 9.94. The van der Waals surface area contributed by atoms with E-state index >= 15 is 0 Å². The largest absolute Gasteiger partial charge is 0.372 e. The first-order chi connectivity index (χ1) is 14.5. The minimum absolute atomic E-state index is 0.166. The zero-order chi connectivity index (χ0) is 21.5. The van der Waals surface area contributed by atoms with Crippen LogP contribution >= 0.6 is 11.8 Å². The third-order valence-corrected chi connectivity index (χ3v) is 6.08. The van der Waals surface area contributed by atoms with Gasteiger partial charge >= 0.3 is 0 Å². The summed E-state index contributed by atoms with van der Waals surface area (Å²) in [5.74, 6) is -0.657. The first kappa shape index (κ1) is 21.7. The Labute approximate surface area is 180 Å². The molecule has 1 fully saturated rings. The molecular formula is C22H26N4O3S. The highest BCUT2D eigenvalue weighted by Crippen LogP contribution is 2.37. The smallest absolute Gasteiger partial charge is 0.258 e. The summed E-state index contributed by atoms with van der Waals surface area (Å²) in [7, 11) is 0. The second-order valence-corrected chi connectivity index (χ2v) is 7.84. The third kappa shape index (κ3) is 5.13. The Morgan fingerprint density at radius 3 is 2.37 bits per heavy atom. The van der Waals surface area contributed by atoms with E-state index in [0.717, 1.165) is 24.3 Å². The Balaban J connectivity index is 1.60. The summed E-state index contributed by atoms with van der Waals surface area (Å²) in [5, 5.41) is 3.63. The predicted molar refractivity (Wildman–Crippen MR) is 119 cm³/mol. The lowest BCUT2D eigenvalue weighted by molar-refractivity contribution is -0.138. The normalized spacial score (nSPS) is 15.7. The van der Waals surface area contributed by atoms with Crippen molar-refractivity contribution in [2.75, 3.05) is 30.3 Å². The lowest BCUT2D eigenvalue weighted by Gasteiger charge is -2.26. The third-order valence-electron chi connectivity index (χ3n) is 4.87. The lowest BCUT2D eigenvalue weighted by atomic mass is 10.2. The van der Waals surface area contributed by atoms with Crippen LogP contribution in [0.3, 0.4) is 0 Å². The van der Waals surface area contributed by atoms with Crippen molar-refractivity contribution < 1.29 is 14.4 Å². The fourth-order valence-electron chi connectivity index (χ4n) is 3.26. The van der Waals surface area contributed by atoms with Gasteiger partial charge in [0.15, 0.2) is 0 Å². The number of nitrogens with one attached hydrogen (secondary N) is 2. The van der Waals surface area contributed by atoms with Crippen LogP contribution in [0.5, 0.6) is 0 Å². The fraction of sp³-hybridized carbons (Fsp3) is 0.318. The number of benzene rings is 2. The summed E-state index contributed by atoms with van der Waals surface area (Å²) in [6, 6.07) is 16.7. The van der Waals surface area contributed by atoms with Gasteiger partial charge in [0.1, 0.15) is 5.37 Å². The molecule has 1 unspecified atom stereocenters. The van der Waals surface area contributed by atoms with Crippen LogP contribution < -0.4 is 15.6 Å². The molecule has 0 spiro atoms. The van der Waals surface area contributed by atoms with Gasteiger partial charge in [0.25, 0.3) is 17.7 Å². The van der Waals surface area contributed by atoms with E-state index in [2.05, 4.69) is 29.5 Å². The fourth-order valence-corrected chi connectivity index (χ4v) is 4.36. The Hall–Kier alpha value is -3.00. The minimum atomic E-state index is -0.445. The summed E-state index contributed by atoms with van der Waals surface area (Å²) in [4.78, 5) is 39.0. The van der Waals surface area contributed by atoms with Crippen molar-refractivity contribution in [3.63, 3.8) is 0 Å². The molecule has 8 heteroatoms. The van der Waals surface area contributed by atoms with Gasteiger partial charge in [0.05, 0.1) is 12.3 Å². The Kier molecular flexibility index (Phi) is 7.35. The van der Waals surface area contributed by atoms with E-state index in [1.54, 1.807) is 24.3 Å². The van der Waals surface area contributed by atoms with Gasteiger partial charge < -0.3 is 10.2 Å². The van der Waals surface area contributed by atoms with E-state index < -0.39 is 5.91 Å². The molecule has 1 saturated heterocycles. The highest BCUT2D eigenvalue weighted by Gasteiger charge is 2.34. The average molecular weight is 427 g/mol. The number of rotatable bonds is 8. The van der Waals surface area contributed by atoms with E-state index in [9.17, 15) is 14.4 Å². The second-order valence-electron chi connectivity index (χ2n) is 6.77. The summed E-state index contributed by atoms with van der Waals surface area (Å²) >= 11 is 1.46. The van der Waals surface area contributed by atoms with E-state index in [0.29, 0.717) is 11.3 Å². The van der Waals surface area contributed by atoms with Crippen LogP contribution in [0.4, 0.5) is 5.69 Å². The Morgan fingerprint density at radius 2 is 1.73 bits per heavy atom. The molecule has 1 aliphatic rings. The predicted octanol–water partition coefficient (Wildman–Crippen LogP) is 2.57. The van der Waals surface area contributed by atoms with Crippen molar-refractivity contribution in [2.45, 2.75) is 19.2 Å². The Bertz CT molecular complexity index is 885. The average Bonchev–Trinajstić information content (AvgIpc) is 3.14. The van der Waals surface area contributed by atoms with Gasteiger partial charge in [-0.2, -0.15) is 0 Å². The second kappa shape index (κ2) is 10.2. The van der Waals surface area contributed by atoms with Crippen LogP contribution in [0.2, 0.25) is 0 Å². The highest BCUT2D eigenvalue weighted by atomic mass is 32.2. The van der Waals surface area contributed by atoms with Crippen molar-refractivity contribution in [1.82, 2.24) is 15.8 Å². The van der Waals surface area contributed by atoms with E-state index in [-0.39, 0.29) is 23.7 Å². The van der Waals surface area contributed by atoms with Crippen molar-refractivity contribution >= 4 is 35.2 Å². The maximum absolute atomic E-state index is 12.3. The summed E-state index contributed by atoms with van der Waals surface area (Å²) < 4.78 is 0. The van der Waals surface area contributed by atoms with Crippen molar-refractivity contribution in [3.8, 4) is 0 Å². The molecule has 7 nitrogen and oxygen atoms in total. The number of carbonyl (C=O) groups excluding carboxylic acids is 3. The number of anilines is 1. The van der Waals surface area contributed by atoms with Crippen LogP contribution in [0.25, 0.3) is 0 Å². The minimum Gasteiger partial charge on any atom is -0.372 e. The topological polar surface area (TPSA) is 81.8 Å². The number of hydrazine groups is 1. The van der Waals surface area contributed by atoms with Crippen LogP contribution in [0, 0.1) is 0 Å². The molecule has 2 aromatic carbocycles. The molecule has 0 radical (unpaired) electrons. The summed E-state index contributed by atoms with van der Waals surface area (Å²) in [6.45, 7) is 5.84. The van der Waals surface area contributed by atoms with Gasteiger partial charge in [-0.15, -0.1) is 11.8 Å². The molecule has 30 heavy (non-hydrogen) atoms. The lowest BCUT2D eigenvalue weighted by Crippen LogP contribution is -2.48. The molecule has 3 amide bonds. The van der Waals surface area contributed by atoms with E-state index in [1.165, 1.54) is 16.8 Å². The molecule has 1 atom stereocenters. The van der Waals surface area contributed by atoms with E-state index in [4.69, 9.17) is 0 Å². The zero-order valence-electron chi connectivity index (χ0n) is 17.1. The molecule has 2 aromatic rings. The number of carbonyl (C=O) groups is 3. The van der Waals surface area contributed by atoms with Gasteiger partial charge in [-0.05, 0) is 43.7 Å². The SMILES string of the molecule is CCN(CC)c1ccc(C2SCC(=O)N2NC(=O)CNC(=O)c2ccccc2)cc1. The first-order valence-corrected chi connectivity index (χ1v) is 11.0. The summed E-state index contributed by atoms with van der Waals surface area (Å²) in [5.41, 5.74) is 5.18. The molecule has 2 N–H and O–H groups in total. The molecule has 0 aliphatic carbocycles. The maximum atomic E-state index is 12.3. The van der Waals surface area contributed by atoms with Crippen LogP contribution in [0.15, 0.2) is 54.6 Å². The van der Waals surface area contributed by atoms with Crippen LogP contribution in [-0.4, -0.2) is 48.1 Å². The molecule has 0 saturated carbocycles. The van der Waals surface area contributed by atoms with Crippen molar-refractivity contribution in [2.24, 2.45) is 0 Å². The Morgan fingerprint density at radius 1 is 1.07 bits per heavy atom. The number of nitrogens with zero attached hydrogens (tertiary/aromatic N) is 2. The van der Waals surface area contributed by atoms with Gasteiger partial charge in [0.2, 0.25) is 0 Å². The quantitative estimate of drug-likeness (QED) is 0.678. The van der Waals surface area contributed by atoms with Crippen LogP contribution in [-0.2, 0) is 9.59 Å². The zero-order valence-corrected chi connectivity index (χ0v) is 17.9. The molecular weight excluding hydrogens is 400 g/mol. The standard InChI is InChI=1S/C22H26N4O3S/c1-3-25(4-2)18-12-10-17(11-13-18)22-26(20(28)15-30-22)24-19(27)14-23-21(29)16-8-6-5-7-9-16/h5-13,22H,3-4,14-15H2,1-2H3,(H,23,29)(H,24,27). The van der Waals surface area contributed by atoms with Crippen molar-refractivity contribution in [1.29, 1.82) is 0 Å². The van der Waals surface area contributed by atoms with Crippen LogP contribution in [0.1, 0.15) is 35.1 Å². The molecule has 3 rings (SSSR count). The molecule has 0 bridgehead atoms. The summed E-state index contributed by atoms with van der Waals surface area (Å²) in [6.07, 6.45) is 0. The number of thioether (sulfide) groups is 1. The highest BCUT2D eigenvalue weighted by molar-refractivity contribution is 8.00. The van der Waals surface area contributed by atoms with Gasteiger partial charge in [0, 0.05) is 24.3 Å². The molecule has 158 valence electrons. The molecule has 1 aliphatic heterocycles. The molecule has 1 heterocycles. The van der Waals surface area contributed by atoms with E-state index in [1.807, 2.05) is 30.3 Å². The monoisotopic (exact) mass is 426 g/mol. The number of hydrogen-bond acceptors (Lipinski definition) is 5. The van der Waals surface area contributed by atoms with Gasteiger partial charge in [-0.25, -0.2) is 5.01 Å². The van der Waals surface area contributed by atoms with Gasteiger partial charge in [-0.1, -0.05) is 30.3 Å². The van der Waals surface area contributed by atoms with Crippen molar-refractivity contribution in [3.05, 3.63) is 65.7 Å². The maximum Gasteiger partial charge on any atom is 0.258 e.